The van der Waals surface area contributed by atoms with Crippen LogP contribution in [0.1, 0.15) is 33.8 Å². The third-order valence-electron chi connectivity index (χ3n) is 6.49. The molecule has 3 aromatic rings. The van der Waals surface area contributed by atoms with Crippen molar-refractivity contribution < 1.29 is 53.0 Å². The van der Waals surface area contributed by atoms with Crippen molar-refractivity contribution in [2.24, 2.45) is 5.92 Å². The standard InChI is InChI=1S/C27H26F3INO4S2/c1-37-23-12-21(24(38(35)36)13-20(23)17-8-5-9-18(10-17)26(33)34)22(16-6-3-2-4-7-16)14-31-25-11-19(15-32-25)27(28,29)30/h2-10,12-13,19,22,25,32H,11,14-15H2,1H3,(H,33,34)(H,35,36)/q-1/t19-,22?,25?/m1/s1. The Morgan fingerprint density at radius 1 is 1.16 bits per heavy atom. The van der Waals surface area contributed by atoms with Crippen molar-refractivity contribution in [2.45, 2.75) is 32.4 Å². The van der Waals surface area contributed by atoms with Crippen LogP contribution in [0.25, 0.3) is 11.1 Å². The number of carboxylic acid groups (broad SMARTS) is 1. The van der Waals surface area contributed by atoms with Crippen LogP contribution in [0, 0.1) is 5.92 Å². The van der Waals surface area contributed by atoms with Gasteiger partial charge in [0.05, 0.1) is 0 Å². The molecule has 0 aliphatic carbocycles. The summed E-state index contributed by atoms with van der Waals surface area (Å²) in [6.45, 7) is -0.0729. The van der Waals surface area contributed by atoms with E-state index in [0.717, 1.165) is 10.5 Å². The number of alkyl halides is 5. The molecule has 1 heterocycles. The van der Waals surface area contributed by atoms with Gasteiger partial charge in [-0.15, -0.1) is 0 Å². The number of aromatic carboxylic acids is 1. The number of nitrogens with one attached hydrogen (secondary N) is 1. The minimum atomic E-state index is -4.22. The molecule has 0 radical (unpaired) electrons. The normalized spacial score (nSPS) is 19.4. The van der Waals surface area contributed by atoms with Crippen LogP contribution in [0.2, 0.25) is 0 Å². The van der Waals surface area contributed by atoms with Gasteiger partial charge in [-0.05, 0) is 0 Å². The number of benzene rings is 3. The summed E-state index contributed by atoms with van der Waals surface area (Å²) in [5.74, 6) is -2.68. The molecule has 1 saturated heterocycles. The predicted molar refractivity (Wildman–Crippen MR) is 139 cm³/mol. The van der Waals surface area contributed by atoms with Crippen molar-refractivity contribution in [1.29, 1.82) is 0 Å². The first kappa shape index (κ1) is 29.1. The fourth-order valence-electron chi connectivity index (χ4n) is 4.50. The number of rotatable bonds is 9. The van der Waals surface area contributed by atoms with Gasteiger partial charge >= 0.3 is 237 Å². The van der Waals surface area contributed by atoms with E-state index in [4.69, 9.17) is 0 Å². The first-order chi connectivity index (χ1) is 18.1. The first-order valence-corrected chi connectivity index (χ1v) is 16.8. The first-order valence-electron chi connectivity index (χ1n) is 11.7. The van der Waals surface area contributed by atoms with Gasteiger partial charge in [0.1, 0.15) is 0 Å². The quantitative estimate of drug-likeness (QED) is 0.106. The molecule has 0 amide bonds. The topological polar surface area (TPSA) is 86.6 Å². The summed E-state index contributed by atoms with van der Waals surface area (Å²) in [5, 5.41) is 12.5. The molecule has 0 spiro atoms. The summed E-state index contributed by atoms with van der Waals surface area (Å²) in [6, 6.07) is 19.4. The van der Waals surface area contributed by atoms with Crippen molar-refractivity contribution in [3.8, 4) is 11.1 Å². The number of thioether (sulfide) groups is 1. The Bertz CT molecular complexity index is 1320. The van der Waals surface area contributed by atoms with E-state index < -0.39 is 50.3 Å². The van der Waals surface area contributed by atoms with Crippen LogP contribution in [0.4, 0.5) is 13.2 Å². The third kappa shape index (κ3) is 6.79. The second kappa shape index (κ2) is 12.5. The van der Waals surface area contributed by atoms with Crippen LogP contribution >= 0.6 is 11.8 Å². The number of hydrogen-bond donors (Lipinski definition) is 3. The Kier molecular flexibility index (Phi) is 9.56. The molecule has 1 fully saturated rings. The number of carbonyl (C=O) groups is 1. The SMILES string of the molecule is CSc1cc(C(C[I-]C2C[C@@H](C(F)(F)F)CN2)c2ccccc2)c(S(=O)O)cc1-c1cccc(C(=O)O)c1. The molecule has 5 nitrogen and oxygen atoms in total. The van der Waals surface area contributed by atoms with Crippen LogP contribution in [0.15, 0.2) is 76.5 Å². The molecule has 4 atom stereocenters. The maximum absolute atomic E-state index is 13.2. The molecule has 0 saturated carbocycles. The van der Waals surface area contributed by atoms with Gasteiger partial charge in [0.25, 0.3) is 0 Å². The molecule has 0 aromatic heterocycles. The molecule has 3 aromatic carbocycles. The van der Waals surface area contributed by atoms with Gasteiger partial charge in [-0.1, -0.05) is 0 Å². The average Bonchev–Trinajstić information content (AvgIpc) is 3.39. The van der Waals surface area contributed by atoms with Gasteiger partial charge in [0, 0.05) is 0 Å². The molecule has 3 N–H and O–H groups in total. The van der Waals surface area contributed by atoms with Crippen LogP contribution in [0.3, 0.4) is 0 Å². The summed E-state index contributed by atoms with van der Waals surface area (Å²) >= 11 is -1.62. The molecule has 1 aliphatic heterocycles. The van der Waals surface area contributed by atoms with Gasteiger partial charge in [-0.3, -0.25) is 0 Å². The van der Waals surface area contributed by atoms with Crippen LogP contribution in [-0.2, 0) is 11.1 Å². The summed E-state index contributed by atoms with van der Waals surface area (Å²) < 4.78 is 63.0. The van der Waals surface area contributed by atoms with Crippen molar-refractivity contribution in [2.75, 3.05) is 17.2 Å². The van der Waals surface area contributed by atoms with Gasteiger partial charge < -0.3 is 0 Å². The number of halogens is 4. The second-order valence-electron chi connectivity index (χ2n) is 8.85. The second-order valence-corrected chi connectivity index (χ2v) is 13.9. The van der Waals surface area contributed by atoms with Crippen molar-refractivity contribution >= 4 is 28.8 Å². The fourth-order valence-corrected chi connectivity index (χ4v) is 9.41. The van der Waals surface area contributed by atoms with E-state index in [1.807, 2.05) is 42.7 Å². The molecule has 0 bridgehead atoms. The third-order valence-corrected chi connectivity index (χ3v) is 11.4. The van der Waals surface area contributed by atoms with Crippen molar-refractivity contribution in [3.63, 3.8) is 0 Å². The van der Waals surface area contributed by atoms with E-state index in [1.165, 1.54) is 23.9 Å². The zero-order valence-electron chi connectivity index (χ0n) is 20.2. The monoisotopic (exact) mass is 676 g/mol. The fraction of sp³-hybridized carbons (Fsp3) is 0.296. The number of carboxylic acids is 1. The molecule has 4 rings (SSSR count). The Morgan fingerprint density at radius 3 is 2.50 bits per heavy atom. The number of hydrogen-bond acceptors (Lipinski definition) is 4. The van der Waals surface area contributed by atoms with E-state index in [0.29, 0.717) is 21.1 Å². The summed E-state index contributed by atoms with van der Waals surface area (Å²) in [7, 11) is 0. The van der Waals surface area contributed by atoms with Gasteiger partial charge in [0.2, 0.25) is 0 Å². The molecule has 11 heteroatoms. The minimum absolute atomic E-state index is 0.0615. The Hall–Kier alpha value is -1.93. The Morgan fingerprint density at radius 2 is 1.89 bits per heavy atom. The van der Waals surface area contributed by atoms with E-state index in [1.54, 1.807) is 18.2 Å². The van der Waals surface area contributed by atoms with Gasteiger partial charge in [-0.25, -0.2) is 0 Å². The summed E-state index contributed by atoms with van der Waals surface area (Å²) in [5.41, 5.74) is 2.96. The van der Waals surface area contributed by atoms with Crippen molar-refractivity contribution in [1.82, 2.24) is 5.32 Å². The average molecular weight is 677 g/mol. The predicted octanol–water partition coefficient (Wildman–Crippen LogP) is 3.07. The zero-order valence-corrected chi connectivity index (χ0v) is 24.0. The molecular weight excluding hydrogens is 650 g/mol. The van der Waals surface area contributed by atoms with E-state index in [2.05, 4.69) is 5.32 Å². The molecule has 1 aliphatic rings. The van der Waals surface area contributed by atoms with E-state index in [9.17, 15) is 31.8 Å². The Balaban J connectivity index is 1.74. The van der Waals surface area contributed by atoms with Gasteiger partial charge in [-0.2, -0.15) is 0 Å². The molecule has 3 unspecified atom stereocenters. The molecule has 38 heavy (non-hydrogen) atoms. The molecule has 204 valence electrons. The van der Waals surface area contributed by atoms with Crippen LogP contribution in [0.5, 0.6) is 0 Å². The summed E-state index contributed by atoms with van der Waals surface area (Å²) in [6.07, 6.45) is -2.28. The molecular formula is C27H26F3INO4S2-. The van der Waals surface area contributed by atoms with Crippen molar-refractivity contribution in [3.05, 3.63) is 83.4 Å². The maximum atomic E-state index is 13.2. The van der Waals surface area contributed by atoms with Crippen LogP contribution in [-0.4, -0.2) is 47.3 Å². The summed E-state index contributed by atoms with van der Waals surface area (Å²) in [4.78, 5) is 12.5. The van der Waals surface area contributed by atoms with Gasteiger partial charge in [0.15, 0.2) is 0 Å². The Labute approximate surface area is 236 Å². The van der Waals surface area contributed by atoms with Crippen LogP contribution < -0.4 is 26.5 Å². The van der Waals surface area contributed by atoms with E-state index >= 15 is 0 Å². The van der Waals surface area contributed by atoms with E-state index in [-0.39, 0.29) is 33.4 Å². The zero-order chi connectivity index (χ0) is 27.4.